The van der Waals surface area contributed by atoms with Crippen LogP contribution in [0.15, 0.2) is 18.6 Å². The van der Waals surface area contributed by atoms with E-state index in [9.17, 15) is 29.1 Å². The molecule has 0 spiro atoms. The third kappa shape index (κ3) is 10.6. The van der Waals surface area contributed by atoms with E-state index in [-0.39, 0.29) is 35.4 Å². The number of aromatic nitrogens is 2. The highest BCUT2D eigenvalue weighted by atomic mass is 16.3. The fourth-order valence-corrected chi connectivity index (χ4v) is 7.89. The Balaban J connectivity index is 1.60. The zero-order valence-electron chi connectivity index (χ0n) is 31.5. The normalized spacial score (nSPS) is 22.2. The minimum Gasteiger partial charge on any atom is -0.373 e. The maximum absolute atomic E-state index is 14.7. The van der Waals surface area contributed by atoms with Crippen molar-refractivity contribution < 1.29 is 29.1 Å². The average molecular weight is 712 g/mol. The largest absolute Gasteiger partial charge is 0.373 e. The molecule has 1 saturated heterocycles. The van der Waals surface area contributed by atoms with Gasteiger partial charge in [-0.25, -0.2) is 0 Å². The molecule has 0 radical (unpaired) electrons. The molecule has 2 heterocycles. The minimum atomic E-state index is -1.24. The number of hydrogen-bond donors (Lipinski definition) is 5. The van der Waals surface area contributed by atoms with Crippen LogP contribution >= 0.6 is 0 Å². The van der Waals surface area contributed by atoms with Crippen molar-refractivity contribution in [3.8, 4) is 0 Å². The van der Waals surface area contributed by atoms with Crippen molar-refractivity contribution in [2.24, 2.45) is 23.2 Å². The number of aliphatic hydroxyl groups is 1. The van der Waals surface area contributed by atoms with Gasteiger partial charge < -0.3 is 26.0 Å². The van der Waals surface area contributed by atoms with Crippen molar-refractivity contribution in [1.29, 1.82) is 0 Å². The van der Waals surface area contributed by atoms with Gasteiger partial charge in [0, 0.05) is 25.0 Å². The van der Waals surface area contributed by atoms with Gasteiger partial charge in [0.05, 0.1) is 18.3 Å². The molecule has 5 N–H and O–H groups in total. The second-order valence-electron chi connectivity index (χ2n) is 15.9. The van der Waals surface area contributed by atoms with Gasteiger partial charge in [0.25, 0.3) is 5.91 Å². The molecule has 1 aromatic rings. The Bertz CT molecular complexity index is 1340. The highest BCUT2D eigenvalue weighted by Gasteiger charge is 2.49. The molecular weight excluding hydrogens is 650 g/mol. The van der Waals surface area contributed by atoms with Gasteiger partial charge in [-0.1, -0.05) is 80.1 Å². The molecule has 2 saturated carbocycles. The molecule has 1 aromatic heterocycles. The first-order valence-corrected chi connectivity index (χ1v) is 19.3. The number of nitrogens with zero attached hydrogens (tertiary/aromatic N) is 3. The zero-order valence-corrected chi connectivity index (χ0v) is 31.5. The van der Waals surface area contributed by atoms with Crippen LogP contribution in [-0.2, 0) is 24.0 Å². The maximum Gasteiger partial charge on any atom is 0.289 e. The first-order chi connectivity index (χ1) is 24.3. The highest BCUT2D eigenvalue weighted by Crippen LogP contribution is 2.37. The number of rotatable bonds is 17. The standard InChI is InChI=1S/C38H61N7O6/c1-7-13-27(31(46)36(50)41-25-16-17-25)42-35(49)30-26(23(8-2)9-3)18-21-45(30)37(51)32(38(4,5)6)44-34(48)29(24-14-11-10-12-15-24)43-33(47)28-22-39-19-20-40-28/h19-20,22-27,29-30,32-33,43,47H,7-18,21H2,1-6H3,(H,41,50)(H,42,49)(H,44,48)/t26-,27+,29-,30+,32+,33?/m1/s1. The Morgan fingerprint density at radius 2 is 1.63 bits per heavy atom. The lowest BCUT2D eigenvalue weighted by atomic mass is 9.81. The number of amides is 4. The van der Waals surface area contributed by atoms with Gasteiger partial charge in [-0.15, -0.1) is 0 Å². The highest BCUT2D eigenvalue weighted by molar-refractivity contribution is 6.38. The van der Waals surface area contributed by atoms with E-state index in [0.29, 0.717) is 25.8 Å². The quantitative estimate of drug-likeness (QED) is 0.120. The van der Waals surface area contributed by atoms with Crippen LogP contribution < -0.4 is 21.3 Å². The Labute approximate surface area is 303 Å². The van der Waals surface area contributed by atoms with Gasteiger partial charge in [0.15, 0.2) is 0 Å². The first-order valence-electron chi connectivity index (χ1n) is 19.3. The van der Waals surface area contributed by atoms with Gasteiger partial charge in [0.2, 0.25) is 23.5 Å². The summed E-state index contributed by atoms with van der Waals surface area (Å²) >= 11 is 0. The summed E-state index contributed by atoms with van der Waals surface area (Å²) in [5.41, 5.74) is -0.443. The predicted octanol–water partition coefficient (Wildman–Crippen LogP) is 3.32. The third-order valence-electron chi connectivity index (χ3n) is 11.0. The third-order valence-corrected chi connectivity index (χ3v) is 11.0. The van der Waals surface area contributed by atoms with Crippen LogP contribution in [0.1, 0.15) is 131 Å². The monoisotopic (exact) mass is 711 g/mol. The average Bonchev–Trinajstić information content (AvgIpc) is 3.83. The molecule has 2 aliphatic carbocycles. The van der Waals surface area contributed by atoms with Crippen LogP contribution in [0.5, 0.6) is 0 Å². The van der Waals surface area contributed by atoms with E-state index in [1.807, 2.05) is 27.7 Å². The summed E-state index contributed by atoms with van der Waals surface area (Å²) < 4.78 is 0. The number of hydrogen-bond acceptors (Lipinski definition) is 9. The minimum absolute atomic E-state index is 0.00866. The summed E-state index contributed by atoms with van der Waals surface area (Å²) in [7, 11) is 0. The van der Waals surface area contributed by atoms with E-state index in [1.165, 1.54) is 18.6 Å². The van der Waals surface area contributed by atoms with Crippen LogP contribution in [0.2, 0.25) is 0 Å². The fraction of sp³-hybridized carbons (Fsp3) is 0.763. The number of ketones is 1. The van der Waals surface area contributed by atoms with Gasteiger partial charge in [-0.3, -0.25) is 39.3 Å². The number of carbonyl (C=O) groups excluding carboxylic acids is 5. The summed E-state index contributed by atoms with van der Waals surface area (Å²) in [6.45, 7) is 12.0. The maximum atomic E-state index is 14.7. The number of likely N-dealkylation sites (tertiary alicyclic amines) is 1. The Kier molecular flexibility index (Phi) is 14.5. The van der Waals surface area contributed by atoms with E-state index >= 15 is 0 Å². The van der Waals surface area contributed by atoms with Crippen LogP contribution in [0.4, 0.5) is 0 Å². The summed E-state index contributed by atoms with van der Waals surface area (Å²) in [5, 5.41) is 22.8. The van der Waals surface area contributed by atoms with Crippen molar-refractivity contribution in [1.82, 2.24) is 36.1 Å². The topological polar surface area (TPSA) is 183 Å². The van der Waals surface area contributed by atoms with Crippen LogP contribution in [0.25, 0.3) is 0 Å². The van der Waals surface area contributed by atoms with Crippen molar-refractivity contribution in [3.63, 3.8) is 0 Å². The molecule has 13 nitrogen and oxygen atoms in total. The van der Waals surface area contributed by atoms with Gasteiger partial charge >= 0.3 is 0 Å². The molecule has 6 atom stereocenters. The lowest BCUT2D eigenvalue weighted by molar-refractivity contribution is -0.146. The second kappa shape index (κ2) is 18.3. The van der Waals surface area contributed by atoms with Crippen LogP contribution in [0, 0.1) is 23.2 Å². The molecular formula is C38H61N7O6. The molecule has 4 amide bonds. The summed E-state index contributed by atoms with van der Waals surface area (Å²) in [6, 6.07) is -3.64. The Morgan fingerprint density at radius 1 is 0.941 bits per heavy atom. The lowest BCUT2D eigenvalue weighted by Crippen LogP contribution is -2.62. The van der Waals surface area contributed by atoms with Crippen molar-refractivity contribution in [3.05, 3.63) is 24.3 Å². The predicted molar refractivity (Wildman–Crippen MR) is 193 cm³/mol. The van der Waals surface area contributed by atoms with E-state index in [4.69, 9.17) is 0 Å². The van der Waals surface area contributed by atoms with Gasteiger partial charge in [-0.05, 0) is 61.7 Å². The zero-order chi connectivity index (χ0) is 37.3. The molecule has 1 aliphatic heterocycles. The van der Waals surface area contributed by atoms with E-state index in [2.05, 4.69) is 45.1 Å². The van der Waals surface area contributed by atoms with E-state index in [0.717, 1.165) is 57.8 Å². The van der Waals surface area contributed by atoms with Gasteiger partial charge in [0.1, 0.15) is 24.0 Å². The summed E-state index contributed by atoms with van der Waals surface area (Å²) in [4.78, 5) is 79.1. The van der Waals surface area contributed by atoms with Crippen molar-refractivity contribution in [2.45, 2.75) is 155 Å². The molecule has 3 fully saturated rings. The molecule has 284 valence electrons. The molecule has 13 heteroatoms. The molecule has 4 rings (SSSR count). The van der Waals surface area contributed by atoms with E-state index < -0.39 is 59.3 Å². The summed E-state index contributed by atoms with van der Waals surface area (Å²) in [5.74, 6) is -2.63. The smallest absolute Gasteiger partial charge is 0.289 e. The second-order valence-corrected chi connectivity index (χ2v) is 15.9. The summed E-state index contributed by atoms with van der Waals surface area (Å²) in [6.07, 6.45) is 12.6. The van der Waals surface area contributed by atoms with Gasteiger partial charge in [-0.2, -0.15) is 0 Å². The first kappa shape index (κ1) is 40.3. The number of nitrogens with one attached hydrogen (secondary N) is 4. The SMILES string of the molecule is CCC[C@H](NC(=O)[C@@H]1[C@@H](C(CC)CC)CCN1C(=O)[C@H](NC(=O)[C@H](NC(O)c1cnccn1)C1CCCCC1)C(C)(C)C)C(=O)C(=O)NC1CC1. The number of carbonyl (C=O) groups is 5. The Morgan fingerprint density at radius 3 is 2.20 bits per heavy atom. The molecule has 1 unspecified atom stereocenters. The molecule has 0 bridgehead atoms. The molecule has 3 aliphatic rings. The fourth-order valence-electron chi connectivity index (χ4n) is 7.89. The number of aliphatic hydroxyl groups excluding tert-OH is 1. The number of Topliss-reactive ketones (excluding diaryl/α,β-unsaturated/α-hetero) is 1. The lowest BCUT2D eigenvalue weighted by Gasteiger charge is -2.39. The molecule has 0 aromatic carbocycles. The Hall–Kier alpha value is -3.45. The molecule has 51 heavy (non-hydrogen) atoms. The van der Waals surface area contributed by atoms with Crippen molar-refractivity contribution in [2.75, 3.05) is 6.54 Å². The van der Waals surface area contributed by atoms with Crippen LogP contribution in [0.3, 0.4) is 0 Å². The van der Waals surface area contributed by atoms with Crippen LogP contribution in [-0.4, -0.2) is 86.1 Å². The van der Waals surface area contributed by atoms with E-state index in [1.54, 1.807) is 4.90 Å². The van der Waals surface area contributed by atoms with Crippen molar-refractivity contribution >= 4 is 29.4 Å².